The lowest BCUT2D eigenvalue weighted by Gasteiger charge is -2.25. The highest BCUT2D eigenvalue weighted by Crippen LogP contribution is 2.41. The van der Waals surface area contributed by atoms with Crippen molar-refractivity contribution in [3.8, 4) is 22.6 Å². The van der Waals surface area contributed by atoms with Crippen LogP contribution in [0.15, 0.2) is 84.9 Å². The maximum absolute atomic E-state index is 10.9. The molecule has 0 heterocycles. The van der Waals surface area contributed by atoms with Crippen LogP contribution in [0.4, 0.5) is 22.7 Å². The van der Waals surface area contributed by atoms with Crippen molar-refractivity contribution in [1.29, 1.82) is 0 Å². The predicted octanol–water partition coefficient (Wildman–Crippen LogP) is 8.50. The third-order valence-corrected chi connectivity index (χ3v) is 8.44. The molecule has 12 nitrogen and oxygen atoms in total. The summed E-state index contributed by atoms with van der Waals surface area (Å²) in [5.74, 6) is 1.37. The van der Waals surface area contributed by atoms with Gasteiger partial charge < -0.3 is 30.7 Å². The number of nitrogens with one attached hydrogen (secondary N) is 4. The highest BCUT2D eigenvalue weighted by molar-refractivity contribution is 7.80. The molecular formula is C38H44N6O6S2. The standard InChI is InChI=1S/C38H44N6O6S2/c1-37(2,3)25-7-17-33(49-21-19-39-35(51)41-27-9-13-29(14-10-27)43(45)46)31(23-25)32-24-26(38(4,5)6)8-18-34(32)50-22-20-40-36(52)42-28-11-15-30(16-12-28)44(47)48/h7-18,23-24H,19-22H2,1-6H3,(H2,39,41,51)(H2,40,42,52). The van der Waals surface area contributed by atoms with Gasteiger partial charge in [-0.3, -0.25) is 20.2 Å². The molecule has 274 valence electrons. The summed E-state index contributed by atoms with van der Waals surface area (Å²) in [6, 6.07) is 24.5. The molecule has 14 heteroatoms. The number of rotatable bonds is 13. The van der Waals surface area contributed by atoms with Gasteiger partial charge in [0, 0.05) is 46.8 Å². The number of thiocarbonyl (C=S) groups is 2. The third kappa shape index (κ3) is 11.3. The van der Waals surface area contributed by atoms with E-state index >= 15 is 0 Å². The number of benzene rings is 4. The van der Waals surface area contributed by atoms with E-state index < -0.39 is 9.85 Å². The quantitative estimate of drug-likeness (QED) is 0.0449. The van der Waals surface area contributed by atoms with Gasteiger partial charge in [-0.15, -0.1) is 0 Å². The maximum atomic E-state index is 10.9. The predicted molar refractivity (Wildman–Crippen MR) is 215 cm³/mol. The fourth-order valence-corrected chi connectivity index (χ4v) is 5.44. The van der Waals surface area contributed by atoms with Crippen LogP contribution >= 0.6 is 24.4 Å². The molecule has 0 radical (unpaired) electrons. The van der Waals surface area contributed by atoms with E-state index in [-0.39, 0.29) is 22.2 Å². The normalized spacial score (nSPS) is 11.3. The molecule has 4 rings (SSSR count). The van der Waals surface area contributed by atoms with E-state index in [1.807, 2.05) is 12.1 Å². The van der Waals surface area contributed by atoms with Crippen LogP contribution < -0.4 is 30.7 Å². The van der Waals surface area contributed by atoms with Crippen LogP contribution in [0.5, 0.6) is 11.5 Å². The topological polar surface area (TPSA) is 153 Å². The molecule has 0 aliphatic rings. The second-order valence-corrected chi connectivity index (χ2v) is 14.8. The Labute approximate surface area is 314 Å². The molecule has 0 atom stereocenters. The van der Waals surface area contributed by atoms with Crippen molar-refractivity contribution >= 4 is 57.4 Å². The first kappa shape index (κ1) is 39.4. The lowest BCUT2D eigenvalue weighted by molar-refractivity contribution is -0.385. The van der Waals surface area contributed by atoms with Gasteiger partial charge in [-0.1, -0.05) is 53.7 Å². The molecule has 0 saturated heterocycles. The van der Waals surface area contributed by atoms with Crippen LogP contribution in [-0.4, -0.2) is 46.4 Å². The summed E-state index contributed by atoms with van der Waals surface area (Å²) in [5.41, 5.74) is 5.08. The van der Waals surface area contributed by atoms with E-state index in [2.05, 4.69) is 87.1 Å². The van der Waals surface area contributed by atoms with Crippen LogP contribution in [-0.2, 0) is 10.8 Å². The zero-order valence-corrected chi connectivity index (χ0v) is 31.7. The van der Waals surface area contributed by atoms with Gasteiger partial charge in [0.15, 0.2) is 10.2 Å². The van der Waals surface area contributed by atoms with Gasteiger partial charge in [0.2, 0.25) is 0 Å². The number of non-ortho nitro benzene ring substituents is 2. The summed E-state index contributed by atoms with van der Waals surface area (Å²) in [6.45, 7) is 14.4. The molecule has 0 spiro atoms. The molecular weight excluding hydrogens is 701 g/mol. The minimum absolute atomic E-state index is 0.00242. The van der Waals surface area contributed by atoms with E-state index in [9.17, 15) is 20.2 Å². The van der Waals surface area contributed by atoms with E-state index in [1.165, 1.54) is 24.3 Å². The summed E-state index contributed by atoms with van der Waals surface area (Å²) in [5, 5.41) is 34.9. The SMILES string of the molecule is CC(C)(C)c1ccc(OCCNC(=S)Nc2ccc([N+](=O)[O-])cc2)c(-c2cc(C(C)(C)C)ccc2OCCNC(=S)Nc2ccc([N+](=O)[O-])cc2)c1. The van der Waals surface area contributed by atoms with Crippen LogP contribution in [0.2, 0.25) is 0 Å². The molecule has 0 saturated carbocycles. The molecule has 4 aromatic carbocycles. The molecule has 4 N–H and O–H groups in total. The second-order valence-electron chi connectivity index (χ2n) is 14.0. The van der Waals surface area contributed by atoms with Crippen LogP contribution in [0.3, 0.4) is 0 Å². The minimum atomic E-state index is -0.450. The van der Waals surface area contributed by atoms with E-state index in [4.69, 9.17) is 33.9 Å². The van der Waals surface area contributed by atoms with Gasteiger partial charge in [-0.25, -0.2) is 0 Å². The van der Waals surface area contributed by atoms with E-state index in [0.29, 0.717) is 59.4 Å². The fourth-order valence-electron chi connectivity index (χ4n) is 5.00. The Morgan fingerprint density at radius 1 is 0.596 bits per heavy atom. The van der Waals surface area contributed by atoms with Crippen molar-refractivity contribution in [3.05, 3.63) is 116 Å². The Kier molecular flexibility index (Phi) is 13.1. The Bertz CT molecular complexity index is 1770. The summed E-state index contributed by atoms with van der Waals surface area (Å²) >= 11 is 10.8. The van der Waals surface area contributed by atoms with Crippen molar-refractivity contribution in [2.75, 3.05) is 36.9 Å². The summed E-state index contributed by atoms with van der Waals surface area (Å²) in [6.07, 6.45) is 0. The Hall–Kier alpha value is -5.34. The summed E-state index contributed by atoms with van der Waals surface area (Å²) < 4.78 is 12.7. The Balaban J connectivity index is 1.47. The first-order chi connectivity index (χ1) is 24.5. The molecule has 0 fully saturated rings. The average Bonchev–Trinajstić information content (AvgIpc) is 3.08. The van der Waals surface area contributed by atoms with Crippen molar-refractivity contribution in [2.45, 2.75) is 52.4 Å². The first-order valence-corrected chi connectivity index (χ1v) is 17.5. The van der Waals surface area contributed by atoms with Crippen LogP contribution in [0.25, 0.3) is 11.1 Å². The van der Waals surface area contributed by atoms with Crippen molar-refractivity contribution in [3.63, 3.8) is 0 Å². The number of nitro benzene ring substituents is 2. The van der Waals surface area contributed by atoms with Gasteiger partial charge in [0.1, 0.15) is 24.7 Å². The number of hydrogen-bond donors (Lipinski definition) is 4. The first-order valence-electron chi connectivity index (χ1n) is 16.6. The molecule has 4 aromatic rings. The summed E-state index contributed by atoms with van der Waals surface area (Å²) in [4.78, 5) is 21.0. The molecule has 0 bridgehead atoms. The average molecular weight is 745 g/mol. The number of nitro groups is 2. The molecule has 0 aromatic heterocycles. The van der Waals surface area contributed by atoms with E-state index in [1.54, 1.807) is 24.3 Å². The lowest BCUT2D eigenvalue weighted by Crippen LogP contribution is -2.32. The second kappa shape index (κ2) is 17.2. The van der Waals surface area contributed by atoms with Gasteiger partial charge >= 0.3 is 0 Å². The van der Waals surface area contributed by atoms with Gasteiger partial charge in [0.05, 0.1) is 22.9 Å². The molecule has 0 aliphatic carbocycles. The smallest absolute Gasteiger partial charge is 0.269 e. The number of ether oxygens (including phenoxy) is 2. The minimum Gasteiger partial charge on any atom is -0.491 e. The molecule has 0 aliphatic heterocycles. The number of hydrogen-bond acceptors (Lipinski definition) is 8. The van der Waals surface area contributed by atoms with Gasteiger partial charge in [0.25, 0.3) is 11.4 Å². The molecule has 0 unspecified atom stereocenters. The Morgan fingerprint density at radius 2 is 0.942 bits per heavy atom. The fraction of sp³-hybridized carbons (Fsp3) is 0.316. The third-order valence-electron chi connectivity index (χ3n) is 7.94. The van der Waals surface area contributed by atoms with Gasteiger partial charge in [-0.05, 0) is 94.9 Å². The van der Waals surface area contributed by atoms with E-state index in [0.717, 1.165) is 22.3 Å². The molecule has 52 heavy (non-hydrogen) atoms. The van der Waals surface area contributed by atoms with Gasteiger partial charge in [-0.2, -0.15) is 0 Å². The van der Waals surface area contributed by atoms with Crippen molar-refractivity contribution < 1.29 is 19.3 Å². The zero-order chi connectivity index (χ0) is 38.1. The number of anilines is 2. The highest BCUT2D eigenvalue weighted by atomic mass is 32.1. The van der Waals surface area contributed by atoms with Crippen molar-refractivity contribution in [2.24, 2.45) is 0 Å². The Morgan fingerprint density at radius 3 is 1.25 bits per heavy atom. The largest absolute Gasteiger partial charge is 0.491 e. The highest BCUT2D eigenvalue weighted by Gasteiger charge is 2.22. The van der Waals surface area contributed by atoms with Crippen LogP contribution in [0.1, 0.15) is 52.7 Å². The lowest BCUT2D eigenvalue weighted by atomic mass is 9.83. The van der Waals surface area contributed by atoms with Crippen LogP contribution in [0, 0.1) is 20.2 Å². The molecule has 0 amide bonds. The number of nitrogens with zero attached hydrogens (tertiary/aromatic N) is 2. The monoisotopic (exact) mass is 744 g/mol. The van der Waals surface area contributed by atoms with Crippen molar-refractivity contribution in [1.82, 2.24) is 10.6 Å². The maximum Gasteiger partial charge on any atom is 0.269 e. The zero-order valence-electron chi connectivity index (χ0n) is 30.1. The summed E-state index contributed by atoms with van der Waals surface area (Å²) in [7, 11) is 0.